The minimum atomic E-state index is -0.904. The van der Waals surface area contributed by atoms with E-state index >= 15 is 0 Å². The number of nitrogens with zero attached hydrogens (tertiary/aromatic N) is 2. The molecule has 1 fully saturated rings. The summed E-state index contributed by atoms with van der Waals surface area (Å²) < 4.78 is 5.58. The van der Waals surface area contributed by atoms with E-state index < -0.39 is 17.3 Å². The summed E-state index contributed by atoms with van der Waals surface area (Å²) >= 11 is 6.12. The number of carbonyl (C=O) groups is 2. The quantitative estimate of drug-likeness (QED) is 0.212. The average molecular weight is 533 g/mol. The smallest absolute Gasteiger partial charge is 0.239 e. The van der Waals surface area contributed by atoms with Crippen LogP contribution in [0.5, 0.6) is 5.75 Å². The van der Waals surface area contributed by atoms with E-state index in [1.807, 2.05) is 49.5 Å². The van der Waals surface area contributed by atoms with Crippen LogP contribution in [0.3, 0.4) is 0 Å². The van der Waals surface area contributed by atoms with E-state index in [0.717, 1.165) is 27.9 Å². The van der Waals surface area contributed by atoms with E-state index in [0.29, 0.717) is 23.1 Å². The molecule has 192 valence electrons. The molecule has 0 N–H and O–H groups in total. The molecule has 5 nitrogen and oxygen atoms in total. The van der Waals surface area contributed by atoms with Gasteiger partial charge in [-0.15, -0.1) is 0 Å². The molecule has 2 amide bonds. The lowest BCUT2D eigenvalue weighted by molar-refractivity contribution is -0.122. The molecule has 8 rings (SSSR count). The van der Waals surface area contributed by atoms with E-state index in [9.17, 15) is 9.59 Å². The number of ether oxygens (including phenoxy) is 1. The number of hydrogen-bond donors (Lipinski definition) is 0. The summed E-state index contributed by atoms with van der Waals surface area (Å²) in [5.74, 6) is -1.05. The van der Waals surface area contributed by atoms with E-state index in [1.54, 1.807) is 36.4 Å². The van der Waals surface area contributed by atoms with Gasteiger partial charge in [0.1, 0.15) is 5.75 Å². The monoisotopic (exact) mass is 532 g/mol. The van der Waals surface area contributed by atoms with Crippen molar-refractivity contribution >= 4 is 41.0 Å². The Balaban J connectivity index is 1.44. The van der Waals surface area contributed by atoms with Gasteiger partial charge in [0.05, 0.1) is 35.2 Å². The summed E-state index contributed by atoms with van der Waals surface area (Å²) in [6.07, 6.45) is 1.90. The molecule has 1 saturated heterocycles. The van der Waals surface area contributed by atoms with Gasteiger partial charge in [0.15, 0.2) is 0 Å². The van der Waals surface area contributed by atoms with Crippen LogP contribution >= 0.6 is 11.6 Å². The second-order valence-corrected chi connectivity index (χ2v) is 10.6. The fourth-order valence-corrected chi connectivity index (χ4v) is 6.99. The van der Waals surface area contributed by atoms with Crippen molar-refractivity contribution < 1.29 is 14.3 Å². The Morgan fingerprint density at radius 1 is 0.846 bits per heavy atom. The van der Waals surface area contributed by atoms with E-state index in [-0.39, 0.29) is 17.7 Å². The number of carbonyl (C=O) groups excluding carboxylic acids is 2. The van der Waals surface area contributed by atoms with E-state index in [2.05, 4.69) is 24.3 Å². The van der Waals surface area contributed by atoms with Crippen molar-refractivity contribution in [3.8, 4) is 5.75 Å². The minimum Gasteiger partial charge on any atom is -0.494 e. The first-order valence-corrected chi connectivity index (χ1v) is 13.5. The Morgan fingerprint density at radius 3 is 2.08 bits per heavy atom. The summed E-state index contributed by atoms with van der Waals surface area (Å²) in [4.78, 5) is 34.9. The maximum Gasteiger partial charge on any atom is 0.239 e. The highest BCUT2D eigenvalue weighted by Gasteiger charge is 2.67. The van der Waals surface area contributed by atoms with Gasteiger partial charge >= 0.3 is 0 Å². The molecule has 0 saturated carbocycles. The number of aliphatic imine (C=N–C) groups is 1. The first kappa shape index (κ1) is 23.9. The third-order valence-electron chi connectivity index (χ3n) is 8.33. The summed E-state index contributed by atoms with van der Waals surface area (Å²) in [6.45, 7) is 2.46. The van der Waals surface area contributed by atoms with E-state index in [4.69, 9.17) is 21.3 Å². The molecule has 2 bridgehead atoms. The maximum absolute atomic E-state index is 14.4. The van der Waals surface area contributed by atoms with Crippen LogP contribution in [0.25, 0.3) is 0 Å². The highest BCUT2D eigenvalue weighted by atomic mass is 35.5. The molecule has 39 heavy (non-hydrogen) atoms. The Morgan fingerprint density at radius 2 is 1.46 bits per heavy atom. The topological polar surface area (TPSA) is 59.0 Å². The Hall–Kier alpha value is -4.22. The Kier molecular flexibility index (Phi) is 5.46. The highest BCUT2D eigenvalue weighted by Crippen LogP contribution is 2.63. The van der Waals surface area contributed by atoms with Crippen LogP contribution in [0, 0.1) is 11.8 Å². The normalized spacial score (nSPS) is 24.6. The zero-order valence-corrected chi connectivity index (χ0v) is 22.0. The fourth-order valence-electron chi connectivity index (χ4n) is 6.87. The van der Waals surface area contributed by atoms with Crippen molar-refractivity contribution in [3.63, 3.8) is 0 Å². The number of rotatable bonds is 5. The zero-order chi connectivity index (χ0) is 26.7. The lowest BCUT2D eigenvalue weighted by Crippen LogP contribution is -2.54. The van der Waals surface area contributed by atoms with Crippen LogP contribution < -0.4 is 9.64 Å². The first-order chi connectivity index (χ1) is 19.0. The number of anilines is 1. The lowest BCUT2D eigenvalue weighted by Gasteiger charge is -2.52. The molecule has 4 aromatic carbocycles. The SMILES string of the molecule is CCOc1ccc(N2C(=O)[C@@H]3[C@@H](C2=O)C2c4ccccc4C3(C=Nc3ccc(Cl)cc3)c3ccccc32)cc1. The largest absolute Gasteiger partial charge is 0.494 e. The van der Waals surface area contributed by atoms with Crippen LogP contribution in [0.1, 0.15) is 35.1 Å². The molecular formula is C33H25ClN2O3. The van der Waals surface area contributed by atoms with Gasteiger partial charge in [0.25, 0.3) is 0 Å². The van der Waals surface area contributed by atoms with Gasteiger partial charge in [-0.3, -0.25) is 14.6 Å². The maximum atomic E-state index is 14.4. The van der Waals surface area contributed by atoms with Crippen molar-refractivity contribution in [1.82, 2.24) is 0 Å². The van der Waals surface area contributed by atoms with Gasteiger partial charge in [-0.2, -0.15) is 0 Å². The number of imide groups is 1. The summed E-state index contributed by atoms with van der Waals surface area (Å²) in [5.41, 5.74) is 4.60. The van der Waals surface area contributed by atoms with Crippen molar-refractivity contribution in [2.45, 2.75) is 18.3 Å². The van der Waals surface area contributed by atoms with Crippen molar-refractivity contribution in [2.24, 2.45) is 16.8 Å². The van der Waals surface area contributed by atoms with Gasteiger partial charge in [0, 0.05) is 17.2 Å². The fraction of sp³-hybridized carbons (Fsp3) is 0.182. The van der Waals surface area contributed by atoms with Gasteiger partial charge in [-0.05, 0) is 77.7 Å². The Bertz CT molecular complexity index is 1600. The highest BCUT2D eigenvalue weighted by molar-refractivity contribution is 6.30. The molecule has 4 aromatic rings. The molecule has 0 unspecified atom stereocenters. The molecule has 4 aliphatic rings. The van der Waals surface area contributed by atoms with Crippen LogP contribution in [0.2, 0.25) is 5.02 Å². The summed E-state index contributed by atoms with van der Waals surface area (Å²) in [6, 6.07) is 30.8. The summed E-state index contributed by atoms with van der Waals surface area (Å²) in [5, 5.41) is 0.628. The van der Waals surface area contributed by atoms with Gasteiger partial charge in [0.2, 0.25) is 11.8 Å². The van der Waals surface area contributed by atoms with Crippen molar-refractivity contribution in [1.29, 1.82) is 0 Å². The average Bonchev–Trinajstić information content (AvgIpc) is 3.24. The third kappa shape index (κ3) is 3.36. The van der Waals surface area contributed by atoms with Crippen LogP contribution in [0.15, 0.2) is 102 Å². The molecule has 0 aromatic heterocycles. The predicted molar refractivity (Wildman–Crippen MR) is 152 cm³/mol. The van der Waals surface area contributed by atoms with E-state index in [1.165, 1.54) is 4.90 Å². The number of amides is 2. The molecular weight excluding hydrogens is 508 g/mol. The molecule has 0 radical (unpaired) electrons. The second-order valence-electron chi connectivity index (χ2n) is 10.2. The number of hydrogen-bond acceptors (Lipinski definition) is 4. The Labute approximate surface area is 231 Å². The molecule has 1 heterocycles. The summed E-state index contributed by atoms with van der Waals surface area (Å²) in [7, 11) is 0. The molecule has 2 atom stereocenters. The van der Waals surface area contributed by atoms with Crippen molar-refractivity contribution in [3.05, 3.63) is 124 Å². The first-order valence-electron chi connectivity index (χ1n) is 13.1. The number of halogens is 1. The zero-order valence-electron chi connectivity index (χ0n) is 21.3. The van der Waals surface area contributed by atoms with Crippen LogP contribution in [-0.2, 0) is 15.0 Å². The molecule has 6 heteroatoms. The minimum absolute atomic E-state index is 0.174. The van der Waals surface area contributed by atoms with Crippen molar-refractivity contribution in [2.75, 3.05) is 11.5 Å². The van der Waals surface area contributed by atoms with Gasteiger partial charge in [-0.1, -0.05) is 60.1 Å². The second kappa shape index (κ2) is 8.92. The molecule has 1 aliphatic heterocycles. The third-order valence-corrected chi connectivity index (χ3v) is 8.59. The van der Waals surface area contributed by atoms with Crippen LogP contribution in [-0.4, -0.2) is 24.6 Å². The van der Waals surface area contributed by atoms with Crippen LogP contribution in [0.4, 0.5) is 11.4 Å². The number of benzene rings is 4. The van der Waals surface area contributed by atoms with Gasteiger partial charge < -0.3 is 4.74 Å². The molecule has 0 spiro atoms. The molecule has 3 aliphatic carbocycles. The predicted octanol–water partition coefficient (Wildman–Crippen LogP) is 6.69. The van der Waals surface area contributed by atoms with Gasteiger partial charge in [-0.25, -0.2) is 4.90 Å². The standard InChI is InChI=1S/C33H25ClN2O3/c1-2-39-23-17-15-22(16-18-23)36-31(37)29-28-24-7-3-5-9-26(24)33(30(29)32(36)38,27-10-6-4-8-25(27)28)19-35-21-13-11-20(34)12-14-21/h3-19,28-30H,2H2,1H3/t28?,29-,30-,33?/m0/s1. The lowest BCUT2D eigenvalue weighted by atomic mass is 9.47.